The number of carboxylic acid groups (broad SMARTS) is 1. The molecule has 31 heavy (non-hydrogen) atoms. The number of alkyl carbamates (subject to hydrolysis) is 1. The minimum atomic E-state index is -1.17. The number of amides is 2. The molecule has 0 saturated carbocycles. The molecule has 164 valence electrons. The molecule has 0 unspecified atom stereocenters. The Hall–Kier alpha value is -3.39. The summed E-state index contributed by atoms with van der Waals surface area (Å²) in [5.41, 5.74) is 4.48. The van der Waals surface area contributed by atoms with Crippen LogP contribution in [0, 0.1) is 0 Å². The average molecular weight is 426 g/mol. The molecule has 3 rings (SSSR count). The summed E-state index contributed by atoms with van der Waals surface area (Å²) in [6.07, 6.45) is -0.744. The number of nitrogens with zero attached hydrogens (tertiary/aromatic N) is 1. The van der Waals surface area contributed by atoms with E-state index in [1.807, 2.05) is 36.4 Å². The second-order valence-electron chi connectivity index (χ2n) is 7.51. The molecular formula is C23H26N2O6. The van der Waals surface area contributed by atoms with E-state index in [0.29, 0.717) is 0 Å². The minimum absolute atomic E-state index is 0.0642. The Balaban J connectivity index is 1.56. The van der Waals surface area contributed by atoms with Crippen LogP contribution < -0.4 is 5.32 Å². The molecule has 0 heterocycles. The molecular weight excluding hydrogens is 400 g/mol. The summed E-state index contributed by atoms with van der Waals surface area (Å²) >= 11 is 0. The van der Waals surface area contributed by atoms with Crippen LogP contribution in [0.15, 0.2) is 48.5 Å². The Bertz CT molecular complexity index is 915. The molecule has 0 spiro atoms. The topological polar surface area (TPSA) is 116 Å². The molecule has 1 aliphatic rings. The first kappa shape index (κ1) is 22.3. The van der Waals surface area contributed by atoms with E-state index in [4.69, 9.17) is 14.9 Å². The smallest absolute Gasteiger partial charge is 0.407 e. The lowest BCUT2D eigenvalue weighted by Crippen LogP contribution is -2.42. The quantitative estimate of drug-likeness (QED) is 0.566. The van der Waals surface area contributed by atoms with E-state index in [-0.39, 0.29) is 32.1 Å². The van der Waals surface area contributed by atoms with Crippen molar-refractivity contribution in [3.63, 3.8) is 0 Å². The maximum Gasteiger partial charge on any atom is 0.407 e. The third-order valence-electron chi connectivity index (χ3n) is 5.24. The fourth-order valence-corrected chi connectivity index (χ4v) is 3.86. The number of carbonyl (C=O) groups is 3. The standard InChI is InChI=1S/C23H26N2O6/c1-15(12-21(27)25(10-11-26)13-22(28)29)24-23(30)31-14-20-18-8-4-2-6-16(18)17-7-3-5-9-19(17)20/h2-9,15,20,26H,10-14H2,1H3,(H,24,30)(H,28,29)/t15-/m1/s1. The largest absolute Gasteiger partial charge is 0.480 e. The second kappa shape index (κ2) is 10.1. The molecule has 2 aromatic rings. The molecule has 8 nitrogen and oxygen atoms in total. The van der Waals surface area contributed by atoms with E-state index >= 15 is 0 Å². The molecule has 2 aromatic carbocycles. The van der Waals surface area contributed by atoms with E-state index in [2.05, 4.69) is 17.4 Å². The average Bonchev–Trinajstić information content (AvgIpc) is 3.05. The second-order valence-corrected chi connectivity index (χ2v) is 7.51. The Labute approximate surface area is 180 Å². The number of nitrogens with one attached hydrogen (secondary N) is 1. The molecule has 0 aliphatic heterocycles. The van der Waals surface area contributed by atoms with Gasteiger partial charge in [-0.25, -0.2) is 4.79 Å². The van der Waals surface area contributed by atoms with Gasteiger partial charge in [0.2, 0.25) is 5.91 Å². The van der Waals surface area contributed by atoms with Crippen molar-refractivity contribution in [3.8, 4) is 11.1 Å². The van der Waals surface area contributed by atoms with Gasteiger partial charge >= 0.3 is 12.1 Å². The van der Waals surface area contributed by atoms with E-state index < -0.39 is 30.6 Å². The third kappa shape index (κ3) is 5.40. The van der Waals surface area contributed by atoms with Crippen molar-refractivity contribution in [1.82, 2.24) is 10.2 Å². The Kier molecular flexibility index (Phi) is 7.25. The van der Waals surface area contributed by atoms with E-state index in [0.717, 1.165) is 27.2 Å². The molecule has 3 N–H and O–H groups in total. The highest BCUT2D eigenvalue weighted by Crippen LogP contribution is 2.44. The first-order valence-electron chi connectivity index (χ1n) is 10.1. The van der Waals surface area contributed by atoms with Gasteiger partial charge < -0.3 is 25.2 Å². The van der Waals surface area contributed by atoms with Gasteiger partial charge in [-0.3, -0.25) is 9.59 Å². The highest BCUT2D eigenvalue weighted by atomic mass is 16.5. The van der Waals surface area contributed by atoms with Gasteiger partial charge in [0.15, 0.2) is 0 Å². The van der Waals surface area contributed by atoms with Crippen molar-refractivity contribution in [2.24, 2.45) is 0 Å². The van der Waals surface area contributed by atoms with Crippen molar-refractivity contribution < 1.29 is 29.3 Å². The van der Waals surface area contributed by atoms with Gasteiger partial charge in [0.1, 0.15) is 13.2 Å². The summed E-state index contributed by atoms with van der Waals surface area (Å²) in [7, 11) is 0. The monoisotopic (exact) mass is 426 g/mol. The Morgan fingerprint density at radius 1 is 1.06 bits per heavy atom. The number of fused-ring (bicyclic) bond motifs is 3. The number of ether oxygens (including phenoxy) is 1. The van der Waals surface area contributed by atoms with Crippen LogP contribution in [0.1, 0.15) is 30.4 Å². The van der Waals surface area contributed by atoms with E-state index in [1.165, 1.54) is 0 Å². The fourth-order valence-electron chi connectivity index (χ4n) is 3.86. The van der Waals surface area contributed by atoms with E-state index in [1.54, 1.807) is 6.92 Å². The SMILES string of the molecule is C[C@H](CC(=O)N(CCO)CC(=O)O)NC(=O)OCC1c2ccccc2-c2ccccc21. The maximum atomic E-state index is 12.3. The molecule has 0 saturated heterocycles. The summed E-state index contributed by atoms with van der Waals surface area (Å²) in [6.45, 7) is 0.875. The molecule has 0 fully saturated rings. The number of rotatable bonds is 9. The van der Waals surface area contributed by atoms with Crippen molar-refractivity contribution in [3.05, 3.63) is 59.7 Å². The Morgan fingerprint density at radius 2 is 1.65 bits per heavy atom. The molecule has 0 bridgehead atoms. The van der Waals surface area contributed by atoms with Crippen molar-refractivity contribution in [2.75, 3.05) is 26.3 Å². The van der Waals surface area contributed by atoms with Gasteiger partial charge in [0.25, 0.3) is 0 Å². The van der Waals surface area contributed by atoms with Gasteiger partial charge in [0.05, 0.1) is 6.61 Å². The van der Waals surface area contributed by atoms with Gasteiger partial charge in [-0.1, -0.05) is 48.5 Å². The number of hydrogen-bond donors (Lipinski definition) is 3. The predicted octanol–water partition coefficient (Wildman–Crippen LogP) is 2.21. The van der Waals surface area contributed by atoms with Gasteiger partial charge in [-0.05, 0) is 29.2 Å². The van der Waals surface area contributed by atoms with Crippen LogP contribution in [0.4, 0.5) is 4.79 Å². The highest BCUT2D eigenvalue weighted by Gasteiger charge is 2.29. The summed E-state index contributed by atoms with van der Waals surface area (Å²) < 4.78 is 5.46. The lowest BCUT2D eigenvalue weighted by atomic mass is 9.98. The summed E-state index contributed by atoms with van der Waals surface area (Å²) in [6, 6.07) is 15.5. The number of aliphatic hydroxyl groups excluding tert-OH is 1. The number of carbonyl (C=O) groups excluding carboxylic acids is 2. The number of hydrogen-bond acceptors (Lipinski definition) is 5. The lowest BCUT2D eigenvalue weighted by molar-refractivity contribution is -0.145. The van der Waals surface area contributed by atoms with Crippen LogP contribution in [0.25, 0.3) is 11.1 Å². The first-order chi connectivity index (χ1) is 14.9. The van der Waals surface area contributed by atoms with Crippen LogP contribution in [-0.4, -0.2) is 65.4 Å². The number of aliphatic carboxylic acids is 1. The zero-order chi connectivity index (χ0) is 22.4. The molecule has 0 radical (unpaired) electrons. The first-order valence-corrected chi connectivity index (χ1v) is 10.1. The van der Waals surface area contributed by atoms with Crippen molar-refractivity contribution >= 4 is 18.0 Å². The van der Waals surface area contributed by atoms with Crippen LogP contribution >= 0.6 is 0 Å². The summed E-state index contributed by atoms with van der Waals surface area (Å²) in [5.74, 6) is -1.70. The molecule has 1 atom stereocenters. The van der Waals surface area contributed by atoms with Gasteiger partial charge in [-0.2, -0.15) is 0 Å². The molecule has 8 heteroatoms. The number of carboxylic acids is 1. The normalized spacial score (nSPS) is 13.1. The van der Waals surface area contributed by atoms with Crippen molar-refractivity contribution in [1.29, 1.82) is 0 Å². The molecule has 2 amide bonds. The van der Waals surface area contributed by atoms with Crippen LogP contribution in [0.2, 0.25) is 0 Å². The van der Waals surface area contributed by atoms with Crippen molar-refractivity contribution in [2.45, 2.75) is 25.3 Å². The Morgan fingerprint density at radius 3 is 2.19 bits per heavy atom. The van der Waals surface area contributed by atoms with Gasteiger partial charge in [0, 0.05) is 24.9 Å². The van der Waals surface area contributed by atoms with Gasteiger partial charge in [-0.15, -0.1) is 0 Å². The maximum absolute atomic E-state index is 12.3. The minimum Gasteiger partial charge on any atom is -0.480 e. The lowest BCUT2D eigenvalue weighted by Gasteiger charge is -2.22. The van der Waals surface area contributed by atoms with Crippen LogP contribution in [-0.2, 0) is 14.3 Å². The molecule has 1 aliphatic carbocycles. The van der Waals surface area contributed by atoms with Crippen LogP contribution in [0.5, 0.6) is 0 Å². The highest BCUT2D eigenvalue weighted by molar-refractivity contribution is 5.82. The fraction of sp³-hybridized carbons (Fsp3) is 0.348. The third-order valence-corrected chi connectivity index (χ3v) is 5.24. The predicted molar refractivity (Wildman–Crippen MR) is 114 cm³/mol. The van der Waals surface area contributed by atoms with Crippen LogP contribution in [0.3, 0.4) is 0 Å². The zero-order valence-corrected chi connectivity index (χ0v) is 17.3. The molecule has 0 aromatic heterocycles. The summed E-state index contributed by atoms with van der Waals surface area (Å²) in [5, 5.41) is 20.5. The van der Waals surface area contributed by atoms with E-state index in [9.17, 15) is 14.4 Å². The zero-order valence-electron chi connectivity index (χ0n) is 17.3. The summed E-state index contributed by atoms with van der Waals surface area (Å²) in [4.78, 5) is 36.5. The number of benzene rings is 2. The number of aliphatic hydroxyl groups is 1.